The lowest BCUT2D eigenvalue weighted by Crippen LogP contribution is -2.40. The number of halogens is 1. The van der Waals surface area contributed by atoms with Gasteiger partial charge in [-0.3, -0.25) is 9.69 Å². The Bertz CT molecular complexity index is 1150. The first-order valence-electron chi connectivity index (χ1n) is 8.76. The molecule has 1 aliphatic heterocycles. The number of hydrogen-bond acceptors (Lipinski definition) is 5. The summed E-state index contributed by atoms with van der Waals surface area (Å²) in [6.07, 6.45) is 1.53. The summed E-state index contributed by atoms with van der Waals surface area (Å²) in [5.74, 6) is 0.298. The van der Waals surface area contributed by atoms with Crippen molar-refractivity contribution in [3.63, 3.8) is 0 Å². The standard InChI is InChI=1S/C21H15ClN4O3/c1-21(15-7-5-13(10-23)6-8-15)19(27)26(20(28)25-21)12-18-24-11-17(29-18)14-3-2-4-16(22)9-14/h2-9,11H,12H2,1H3,(H,25,28). The second-order valence-corrected chi connectivity index (χ2v) is 7.20. The molecule has 1 aliphatic rings. The predicted molar refractivity (Wildman–Crippen MR) is 105 cm³/mol. The van der Waals surface area contributed by atoms with Gasteiger partial charge in [0, 0.05) is 10.6 Å². The number of aromatic nitrogens is 1. The van der Waals surface area contributed by atoms with Gasteiger partial charge in [0.15, 0.2) is 5.76 Å². The first-order valence-corrected chi connectivity index (χ1v) is 9.14. The fraction of sp³-hybridized carbons (Fsp3) is 0.143. The molecular formula is C21H15ClN4O3. The minimum Gasteiger partial charge on any atom is -0.439 e. The molecule has 8 heteroatoms. The average Bonchev–Trinajstić information content (AvgIpc) is 3.27. The quantitative estimate of drug-likeness (QED) is 0.663. The van der Waals surface area contributed by atoms with Crippen LogP contribution in [0, 0.1) is 11.3 Å². The van der Waals surface area contributed by atoms with E-state index in [9.17, 15) is 9.59 Å². The Kier molecular flexibility index (Phi) is 4.57. The number of nitrogens with one attached hydrogen (secondary N) is 1. The number of carbonyl (C=O) groups is 2. The molecule has 1 aromatic heterocycles. The molecule has 4 rings (SSSR count). The number of oxazole rings is 1. The number of hydrogen-bond donors (Lipinski definition) is 1. The second kappa shape index (κ2) is 7.08. The molecule has 1 fully saturated rings. The van der Waals surface area contributed by atoms with Gasteiger partial charge >= 0.3 is 6.03 Å². The maximum absolute atomic E-state index is 13.0. The Morgan fingerprint density at radius 1 is 1.24 bits per heavy atom. The number of nitriles is 1. The van der Waals surface area contributed by atoms with Crippen LogP contribution in [0.4, 0.5) is 4.79 Å². The van der Waals surface area contributed by atoms with Crippen LogP contribution in [-0.4, -0.2) is 21.8 Å². The third-order valence-corrected chi connectivity index (χ3v) is 5.06. The van der Waals surface area contributed by atoms with Gasteiger partial charge in [-0.1, -0.05) is 35.9 Å². The highest BCUT2D eigenvalue weighted by molar-refractivity contribution is 6.30. The van der Waals surface area contributed by atoms with E-state index >= 15 is 0 Å². The van der Waals surface area contributed by atoms with Crippen LogP contribution in [0.2, 0.25) is 5.02 Å². The molecule has 3 amide bonds. The molecule has 1 N–H and O–H groups in total. The van der Waals surface area contributed by atoms with Gasteiger partial charge in [-0.2, -0.15) is 5.26 Å². The average molecular weight is 407 g/mol. The summed E-state index contributed by atoms with van der Waals surface area (Å²) in [4.78, 5) is 30.7. The van der Waals surface area contributed by atoms with Gasteiger partial charge in [0.2, 0.25) is 5.89 Å². The molecular weight excluding hydrogens is 392 g/mol. The molecule has 0 radical (unpaired) electrons. The fourth-order valence-corrected chi connectivity index (χ4v) is 3.40. The molecule has 2 aromatic carbocycles. The van der Waals surface area contributed by atoms with Crippen LogP contribution in [0.25, 0.3) is 11.3 Å². The van der Waals surface area contributed by atoms with Gasteiger partial charge in [-0.15, -0.1) is 0 Å². The zero-order valence-electron chi connectivity index (χ0n) is 15.3. The number of benzene rings is 2. The summed E-state index contributed by atoms with van der Waals surface area (Å²) >= 11 is 6.00. The van der Waals surface area contributed by atoms with Crippen molar-refractivity contribution in [3.05, 3.63) is 76.8 Å². The lowest BCUT2D eigenvalue weighted by molar-refractivity contribution is -0.131. The summed E-state index contributed by atoms with van der Waals surface area (Å²) in [7, 11) is 0. The smallest absolute Gasteiger partial charge is 0.325 e. The lowest BCUT2D eigenvalue weighted by Gasteiger charge is -2.22. The minimum absolute atomic E-state index is 0.100. The van der Waals surface area contributed by atoms with E-state index < -0.39 is 17.5 Å². The molecule has 7 nitrogen and oxygen atoms in total. The molecule has 1 saturated heterocycles. The number of amides is 3. The van der Waals surface area contributed by atoms with Crippen LogP contribution in [-0.2, 0) is 16.9 Å². The first-order chi connectivity index (χ1) is 13.9. The van der Waals surface area contributed by atoms with Crippen LogP contribution in [0.5, 0.6) is 0 Å². The topological polar surface area (TPSA) is 99.2 Å². The molecule has 1 unspecified atom stereocenters. The van der Waals surface area contributed by atoms with Crippen molar-refractivity contribution < 1.29 is 14.0 Å². The van der Waals surface area contributed by atoms with Gasteiger partial charge in [0.25, 0.3) is 5.91 Å². The number of nitrogens with zero attached hydrogens (tertiary/aromatic N) is 3. The third kappa shape index (κ3) is 3.35. The first kappa shape index (κ1) is 18.7. The molecule has 0 aliphatic carbocycles. The van der Waals surface area contributed by atoms with E-state index in [1.54, 1.807) is 49.4 Å². The SMILES string of the molecule is CC1(c2ccc(C#N)cc2)NC(=O)N(Cc2ncc(-c3cccc(Cl)c3)o2)C1=O. The van der Waals surface area contributed by atoms with Crippen LogP contribution in [0.1, 0.15) is 23.9 Å². The van der Waals surface area contributed by atoms with Gasteiger partial charge in [0.1, 0.15) is 12.1 Å². The van der Waals surface area contributed by atoms with Gasteiger partial charge in [0.05, 0.1) is 17.8 Å². The molecule has 0 spiro atoms. The highest BCUT2D eigenvalue weighted by Crippen LogP contribution is 2.30. The van der Waals surface area contributed by atoms with Gasteiger partial charge in [-0.05, 0) is 36.8 Å². The van der Waals surface area contributed by atoms with Crippen LogP contribution in [0.3, 0.4) is 0 Å². The van der Waals surface area contributed by atoms with Crippen molar-refractivity contribution >= 4 is 23.5 Å². The molecule has 29 heavy (non-hydrogen) atoms. The lowest BCUT2D eigenvalue weighted by atomic mass is 9.91. The Labute approximate surface area is 171 Å². The van der Waals surface area contributed by atoms with Crippen LogP contribution < -0.4 is 5.32 Å². The zero-order valence-corrected chi connectivity index (χ0v) is 16.1. The van der Waals surface area contributed by atoms with E-state index in [1.807, 2.05) is 12.1 Å². The number of rotatable bonds is 4. The van der Waals surface area contributed by atoms with E-state index in [-0.39, 0.29) is 12.4 Å². The largest absolute Gasteiger partial charge is 0.439 e. The summed E-state index contributed by atoms with van der Waals surface area (Å²) < 4.78 is 5.71. The van der Waals surface area contributed by atoms with E-state index in [0.717, 1.165) is 10.5 Å². The normalized spacial score (nSPS) is 18.6. The number of imide groups is 1. The van der Waals surface area contributed by atoms with E-state index in [4.69, 9.17) is 21.3 Å². The van der Waals surface area contributed by atoms with E-state index in [2.05, 4.69) is 10.3 Å². The maximum Gasteiger partial charge on any atom is 0.325 e. The predicted octanol–water partition coefficient (Wildman–Crippen LogP) is 3.83. The fourth-order valence-electron chi connectivity index (χ4n) is 3.21. The van der Waals surface area contributed by atoms with Crippen molar-refractivity contribution in [3.8, 4) is 17.4 Å². The summed E-state index contributed by atoms with van der Waals surface area (Å²) in [5, 5.41) is 12.2. The van der Waals surface area contributed by atoms with E-state index in [0.29, 0.717) is 21.9 Å². The van der Waals surface area contributed by atoms with Gasteiger partial charge in [-0.25, -0.2) is 9.78 Å². The number of urea groups is 1. The summed E-state index contributed by atoms with van der Waals surface area (Å²) in [5.41, 5.74) is 0.576. The van der Waals surface area contributed by atoms with Crippen LogP contribution in [0.15, 0.2) is 59.1 Å². The number of carbonyl (C=O) groups excluding carboxylic acids is 2. The van der Waals surface area contributed by atoms with E-state index in [1.165, 1.54) is 6.20 Å². The van der Waals surface area contributed by atoms with Crippen LogP contribution >= 0.6 is 11.6 Å². The van der Waals surface area contributed by atoms with Crippen molar-refractivity contribution in [2.75, 3.05) is 0 Å². The molecule has 3 aromatic rings. The zero-order chi connectivity index (χ0) is 20.6. The Hall–Kier alpha value is -3.63. The summed E-state index contributed by atoms with van der Waals surface area (Å²) in [6, 6.07) is 15.1. The van der Waals surface area contributed by atoms with Crippen molar-refractivity contribution in [1.82, 2.24) is 15.2 Å². The van der Waals surface area contributed by atoms with Crippen molar-refractivity contribution in [2.45, 2.75) is 19.0 Å². The highest BCUT2D eigenvalue weighted by atomic mass is 35.5. The highest BCUT2D eigenvalue weighted by Gasteiger charge is 2.49. The molecule has 0 bridgehead atoms. The summed E-state index contributed by atoms with van der Waals surface area (Å²) in [6.45, 7) is 1.53. The Morgan fingerprint density at radius 3 is 2.69 bits per heavy atom. The maximum atomic E-state index is 13.0. The molecule has 0 saturated carbocycles. The van der Waals surface area contributed by atoms with Crippen molar-refractivity contribution in [2.24, 2.45) is 0 Å². The molecule has 1 atom stereocenters. The third-order valence-electron chi connectivity index (χ3n) is 4.82. The monoisotopic (exact) mass is 406 g/mol. The van der Waals surface area contributed by atoms with Gasteiger partial charge < -0.3 is 9.73 Å². The Morgan fingerprint density at radius 2 is 2.00 bits per heavy atom. The molecule has 2 heterocycles. The second-order valence-electron chi connectivity index (χ2n) is 6.76. The minimum atomic E-state index is -1.23. The van der Waals surface area contributed by atoms with Crippen molar-refractivity contribution in [1.29, 1.82) is 5.26 Å². The molecule has 144 valence electrons. The Balaban J connectivity index is 1.56.